The second-order valence-electron chi connectivity index (χ2n) is 7.60. The van der Waals surface area contributed by atoms with Crippen molar-refractivity contribution in [2.75, 3.05) is 0 Å². The maximum Gasteiger partial charge on any atom is 0.303 e. The number of carbonyl (C=O) groups is 2. The molecule has 1 aromatic rings. The average molecular weight is 373 g/mol. The lowest BCUT2D eigenvalue weighted by Gasteiger charge is -2.17. The molecule has 0 heterocycles. The van der Waals surface area contributed by atoms with Crippen molar-refractivity contribution in [2.45, 2.75) is 70.3 Å². The topological polar surface area (TPSA) is 74.6 Å². The number of rotatable bonds is 12. The summed E-state index contributed by atoms with van der Waals surface area (Å²) in [6, 6.07) is 10.2. The normalized spacial score (nSPS) is 21.0. The summed E-state index contributed by atoms with van der Waals surface area (Å²) in [6.07, 6.45) is 11.1. The lowest BCUT2D eigenvalue weighted by Crippen LogP contribution is -2.17. The molecule has 4 heteroatoms. The molecule has 1 aromatic carbocycles. The molecule has 0 spiro atoms. The lowest BCUT2D eigenvalue weighted by molar-refractivity contribution is -0.137. The number of carboxylic acid groups (broad SMARTS) is 1. The number of allylic oxidation sites excluding steroid dienone is 2. The van der Waals surface area contributed by atoms with Gasteiger partial charge in [-0.3, -0.25) is 9.59 Å². The minimum atomic E-state index is -0.744. The van der Waals surface area contributed by atoms with E-state index in [1.807, 2.05) is 18.2 Å². The number of carbonyl (C=O) groups excluding carboxylic acids is 1. The monoisotopic (exact) mass is 372 g/mol. The molecule has 0 radical (unpaired) electrons. The summed E-state index contributed by atoms with van der Waals surface area (Å²) in [6.45, 7) is 0. The first kappa shape index (κ1) is 21.4. The maximum atomic E-state index is 12.2. The highest BCUT2D eigenvalue weighted by Gasteiger charge is 2.32. The van der Waals surface area contributed by atoms with Crippen LogP contribution in [0.1, 0.15) is 63.4 Å². The number of ketones is 1. The Morgan fingerprint density at radius 3 is 2.70 bits per heavy atom. The molecule has 0 amide bonds. The number of Topliss-reactive ketones (excluding diaryl/α,β-unsaturated/α-hetero) is 1. The molecule has 0 aromatic heterocycles. The van der Waals surface area contributed by atoms with Crippen LogP contribution in [0, 0.1) is 11.8 Å². The molecule has 1 fully saturated rings. The molecule has 0 bridgehead atoms. The third kappa shape index (κ3) is 8.08. The molecule has 1 aliphatic carbocycles. The van der Waals surface area contributed by atoms with Crippen LogP contribution in [0.15, 0.2) is 42.5 Å². The van der Waals surface area contributed by atoms with E-state index in [-0.39, 0.29) is 24.4 Å². The van der Waals surface area contributed by atoms with Crippen molar-refractivity contribution in [1.82, 2.24) is 0 Å². The third-order valence-corrected chi connectivity index (χ3v) is 5.47. The van der Waals surface area contributed by atoms with E-state index in [1.54, 1.807) is 0 Å². The highest BCUT2D eigenvalue weighted by Crippen LogP contribution is 2.34. The van der Waals surface area contributed by atoms with E-state index in [4.69, 9.17) is 5.11 Å². The van der Waals surface area contributed by atoms with Crippen molar-refractivity contribution >= 4 is 11.8 Å². The Balaban J connectivity index is 1.69. The smallest absolute Gasteiger partial charge is 0.303 e. The SMILES string of the molecule is O=C(O)CCCCC=CC1CCC(=O)C1CCC(O)CCc1ccccc1. The molecule has 3 unspecified atom stereocenters. The molecule has 4 nitrogen and oxygen atoms in total. The summed E-state index contributed by atoms with van der Waals surface area (Å²) < 4.78 is 0. The first-order valence-electron chi connectivity index (χ1n) is 10.2. The van der Waals surface area contributed by atoms with Crippen LogP contribution in [0.2, 0.25) is 0 Å². The second kappa shape index (κ2) is 11.7. The highest BCUT2D eigenvalue weighted by atomic mass is 16.4. The Hall–Kier alpha value is -1.94. The van der Waals surface area contributed by atoms with Crippen molar-refractivity contribution in [2.24, 2.45) is 11.8 Å². The van der Waals surface area contributed by atoms with Gasteiger partial charge in [0.1, 0.15) is 5.78 Å². The minimum Gasteiger partial charge on any atom is -0.481 e. The van der Waals surface area contributed by atoms with Crippen molar-refractivity contribution in [3.63, 3.8) is 0 Å². The van der Waals surface area contributed by atoms with Crippen LogP contribution in [-0.4, -0.2) is 28.1 Å². The largest absolute Gasteiger partial charge is 0.481 e. The molecule has 0 aliphatic heterocycles. The summed E-state index contributed by atoms with van der Waals surface area (Å²) in [5.41, 5.74) is 1.23. The van der Waals surface area contributed by atoms with Gasteiger partial charge < -0.3 is 10.2 Å². The number of unbranched alkanes of at least 4 members (excludes halogenated alkanes) is 2. The molecule has 2 N–H and O–H groups in total. The van der Waals surface area contributed by atoms with Gasteiger partial charge in [-0.2, -0.15) is 0 Å². The standard InChI is InChI=1S/C23H32O4/c24-20(14-12-18-8-4-3-5-9-18)15-16-21-19(13-17-22(21)25)10-6-1-2-7-11-23(26)27/h3-6,8-10,19-21,24H,1-2,7,11-17H2,(H,26,27). The summed E-state index contributed by atoms with van der Waals surface area (Å²) in [4.78, 5) is 22.7. The average Bonchev–Trinajstić information content (AvgIpc) is 3.01. The molecule has 0 saturated heterocycles. The summed E-state index contributed by atoms with van der Waals surface area (Å²) >= 11 is 0. The maximum absolute atomic E-state index is 12.2. The molecular weight excluding hydrogens is 340 g/mol. The number of aliphatic carboxylic acids is 1. The van der Waals surface area contributed by atoms with E-state index in [2.05, 4.69) is 24.3 Å². The van der Waals surface area contributed by atoms with Crippen LogP contribution < -0.4 is 0 Å². The van der Waals surface area contributed by atoms with Gasteiger partial charge in [-0.05, 0) is 62.8 Å². The van der Waals surface area contributed by atoms with Crippen molar-refractivity contribution in [1.29, 1.82) is 0 Å². The molecule has 1 aliphatic rings. The zero-order valence-corrected chi connectivity index (χ0v) is 16.1. The van der Waals surface area contributed by atoms with E-state index in [0.29, 0.717) is 25.0 Å². The van der Waals surface area contributed by atoms with Crippen LogP contribution in [0.25, 0.3) is 0 Å². The van der Waals surface area contributed by atoms with Gasteiger partial charge in [0.05, 0.1) is 6.10 Å². The fraction of sp³-hybridized carbons (Fsp3) is 0.565. The molecule has 3 atom stereocenters. The fourth-order valence-electron chi connectivity index (χ4n) is 3.84. The predicted octanol–water partition coefficient (Wildman–Crippen LogP) is 4.56. The third-order valence-electron chi connectivity index (χ3n) is 5.47. The number of hydrogen-bond acceptors (Lipinski definition) is 3. The van der Waals surface area contributed by atoms with Crippen molar-refractivity contribution in [3.05, 3.63) is 48.0 Å². The number of aryl methyl sites for hydroxylation is 1. The minimum absolute atomic E-state index is 0.0339. The summed E-state index contributed by atoms with van der Waals surface area (Å²) in [5.74, 6) is -0.109. The zero-order chi connectivity index (χ0) is 19.5. The van der Waals surface area contributed by atoms with Crippen LogP contribution >= 0.6 is 0 Å². The Kier molecular flexibility index (Phi) is 9.26. The molecular formula is C23H32O4. The second-order valence-corrected chi connectivity index (χ2v) is 7.60. The van der Waals surface area contributed by atoms with E-state index in [0.717, 1.165) is 38.5 Å². The molecule has 2 rings (SSSR count). The zero-order valence-electron chi connectivity index (χ0n) is 16.1. The molecule has 148 valence electrons. The van der Waals surface area contributed by atoms with Gasteiger partial charge in [-0.25, -0.2) is 0 Å². The Labute approximate surface area is 162 Å². The Morgan fingerprint density at radius 1 is 1.19 bits per heavy atom. The van der Waals surface area contributed by atoms with Gasteiger partial charge in [0.15, 0.2) is 0 Å². The van der Waals surface area contributed by atoms with E-state index < -0.39 is 5.97 Å². The summed E-state index contributed by atoms with van der Waals surface area (Å²) in [7, 11) is 0. The first-order chi connectivity index (χ1) is 13.1. The van der Waals surface area contributed by atoms with E-state index in [9.17, 15) is 14.7 Å². The number of carboxylic acids is 1. The van der Waals surface area contributed by atoms with E-state index in [1.165, 1.54) is 5.56 Å². The Morgan fingerprint density at radius 2 is 1.96 bits per heavy atom. The van der Waals surface area contributed by atoms with Gasteiger partial charge in [0.25, 0.3) is 0 Å². The lowest BCUT2D eigenvalue weighted by atomic mass is 9.88. The molecule has 27 heavy (non-hydrogen) atoms. The van der Waals surface area contributed by atoms with Crippen LogP contribution in [0.3, 0.4) is 0 Å². The summed E-state index contributed by atoms with van der Waals surface area (Å²) in [5, 5.41) is 18.9. The van der Waals surface area contributed by atoms with Gasteiger partial charge in [0.2, 0.25) is 0 Å². The van der Waals surface area contributed by atoms with Crippen LogP contribution in [0.5, 0.6) is 0 Å². The van der Waals surface area contributed by atoms with Crippen molar-refractivity contribution < 1.29 is 19.8 Å². The van der Waals surface area contributed by atoms with Gasteiger partial charge in [-0.15, -0.1) is 0 Å². The Bertz CT molecular complexity index is 608. The van der Waals surface area contributed by atoms with Crippen LogP contribution in [0.4, 0.5) is 0 Å². The van der Waals surface area contributed by atoms with Gasteiger partial charge >= 0.3 is 5.97 Å². The number of aliphatic hydroxyl groups is 1. The van der Waals surface area contributed by atoms with Crippen molar-refractivity contribution in [3.8, 4) is 0 Å². The van der Waals surface area contributed by atoms with Gasteiger partial charge in [0, 0.05) is 18.8 Å². The number of hydrogen-bond donors (Lipinski definition) is 2. The molecule has 1 saturated carbocycles. The number of aliphatic hydroxyl groups excluding tert-OH is 1. The van der Waals surface area contributed by atoms with E-state index >= 15 is 0 Å². The highest BCUT2D eigenvalue weighted by molar-refractivity contribution is 5.83. The number of benzene rings is 1. The fourth-order valence-corrected chi connectivity index (χ4v) is 3.84. The van der Waals surface area contributed by atoms with Gasteiger partial charge in [-0.1, -0.05) is 42.5 Å². The first-order valence-corrected chi connectivity index (χ1v) is 10.2. The van der Waals surface area contributed by atoms with Crippen LogP contribution in [-0.2, 0) is 16.0 Å². The predicted molar refractivity (Wildman–Crippen MR) is 106 cm³/mol. The quantitative estimate of drug-likeness (QED) is 0.417.